The minimum Gasteiger partial charge on any atom is -0.461 e. The number of fused-ring (bicyclic) bond motifs is 2. The Labute approximate surface area is 381 Å². The summed E-state index contributed by atoms with van der Waals surface area (Å²) >= 11 is 0. The average Bonchev–Trinajstić information content (AvgIpc) is 3.98. The molecule has 8 rings (SSSR count). The van der Waals surface area contributed by atoms with E-state index in [1.807, 2.05) is 125 Å². The fourth-order valence-electron chi connectivity index (χ4n) is 7.94. The first-order valence-corrected chi connectivity index (χ1v) is 21.9. The zero-order valence-corrected chi connectivity index (χ0v) is 37.3. The number of aromatic nitrogens is 6. The Bertz CT molecular complexity index is 2740. The van der Waals surface area contributed by atoms with Gasteiger partial charge in [0, 0.05) is 24.9 Å². The second-order valence-corrected chi connectivity index (χ2v) is 16.0. The molecule has 8 aromatic rings. The number of hydrogen-bond donors (Lipinski definition) is 2. The Balaban J connectivity index is 0.000000196. The van der Waals surface area contributed by atoms with Crippen molar-refractivity contribution in [2.75, 3.05) is 0 Å². The maximum Gasteiger partial charge on any atom is 0.307 e. The van der Waals surface area contributed by atoms with E-state index in [9.17, 15) is 19.8 Å². The summed E-state index contributed by atoms with van der Waals surface area (Å²) in [5.41, 5.74) is 8.75. The number of esters is 2. The third-order valence-corrected chi connectivity index (χ3v) is 11.8. The van der Waals surface area contributed by atoms with Gasteiger partial charge in [0.2, 0.25) is 0 Å². The van der Waals surface area contributed by atoms with Crippen molar-refractivity contribution in [3.05, 3.63) is 189 Å². The highest BCUT2D eigenvalue weighted by Gasteiger charge is 2.27. The number of benzene rings is 6. The lowest BCUT2D eigenvalue weighted by Crippen LogP contribution is -2.14. The SMILES string of the molecule is CCn1nnc2c(F)c([C@@H](CC(=O)OCc3ccccc3)c3ccc(C)c(CO)c3)ccc21.CCn1nnc2c(F)c([C@H](CC(=O)OCc3ccccc3)c3ccc(C)c(CO)c3)ccc21. The molecule has 0 radical (unpaired) electrons. The molecule has 2 heterocycles. The van der Waals surface area contributed by atoms with Crippen LogP contribution in [0.2, 0.25) is 0 Å². The molecule has 0 aliphatic heterocycles. The van der Waals surface area contributed by atoms with Crippen LogP contribution in [0.1, 0.15) is 94.2 Å². The smallest absolute Gasteiger partial charge is 0.307 e. The van der Waals surface area contributed by atoms with Gasteiger partial charge in [0.1, 0.15) is 24.2 Å². The Morgan fingerprint density at radius 2 is 0.970 bits per heavy atom. The summed E-state index contributed by atoms with van der Waals surface area (Å²) in [7, 11) is 0. The summed E-state index contributed by atoms with van der Waals surface area (Å²) in [5.74, 6) is -3.08. The van der Waals surface area contributed by atoms with Gasteiger partial charge in [-0.1, -0.05) is 120 Å². The molecule has 66 heavy (non-hydrogen) atoms. The van der Waals surface area contributed by atoms with Crippen LogP contribution < -0.4 is 0 Å². The van der Waals surface area contributed by atoms with E-state index in [2.05, 4.69) is 20.6 Å². The Kier molecular flexibility index (Phi) is 15.4. The number of aliphatic hydroxyl groups excluding tert-OH is 2. The zero-order chi connectivity index (χ0) is 46.7. The second-order valence-electron chi connectivity index (χ2n) is 16.0. The monoisotopic (exact) mass is 894 g/mol. The van der Waals surface area contributed by atoms with E-state index >= 15 is 8.78 Å². The lowest BCUT2D eigenvalue weighted by Gasteiger charge is -2.20. The molecular weight excluding hydrogens is 843 g/mol. The normalized spacial score (nSPS) is 12.1. The molecule has 6 aromatic carbocycles. The molecule has 0 unspecified atom stereocenters. The van der Waals surface area contributed by atoms with Crippen molar-refractivity contribution in [2.45, 2.75) is 91.9 Å². The van der Waals surface area contributed by atoms with Gasteiger partial charge in [-0.25, -0.2) is 18.1 Å². The largest absolute Gasteiger partial charge is 0.461 e. The minimum absolute atomic E-state index is 0.0505. The van der Waals surface area contributed by atoms with Crippen LogP contribution in [0.5, 0.6) is 0 Å². The number of hydrogen-bond acceptors (Lipinski definition) is 10. The van der Waals surface area contributed by atoms with Crippen LogP contribution in [0.15, 0.2) is 121 Å². The molecule has 0 aliphatic rings. The van der Waals surface area contributed by atoms with Gasteiger partial charge >= 0.3 is 11.9 Å². The highest BCUT2D eigenvalue weighted by Crippen LogP contribution is 2.36. The first kappa shape index (κ1) is 46.8. The summed E-state index contributed by atoms with van der Waals surface area (Å²) in [5, 5.41) is 35.5. The first-order valence-electron chi connectivity index (χ1n) is 21.9. The number of aliphatic hydroxyl groups is 2. The molecule has 0 saturated heterocycles. The Hall–Kier alpha value is -7.16. The van der Waals surface area contributed by atoms with Crippen LogP contribution in [0.4, 0.5) is 8.78 Å². The van der Waals surface area contributed by atoms with Crippen molar-refractivity contribution in [3.8, 4) is 0 Å². The highest BCUT2D eigenvalue weighted by molar-refractivity contribution is 5.79. The molecule has 0 aliphatic carbocycles. The number of rotatable bonds is 16. The lowest BCUT2D eigenvalue weighted by atomic mass is 9.86. The van der Waals surface area contributed by atoms with Crippen molar-refractivity contribution in [3.63, 3.8) is 0 Å². The maximum atomic E-state index is 15.6. The second kappa shape index (κ2) is 21.7. The van der Waals surface area contributed by atoms with Crippen molar-refractivity contribution in [1.82, 2.24) is 30.0 Å². The van der Waals surface area contributed by atoms with Crippen LogP contribution in [-0.4, -0.2) is 52.1 Å². The number of carbonyl (C=O) groups excluding carboxylic acids is 2. The van der Waals surface area contributed by atoms with Crippen molar-refractivity contribution < 1.29 is 38.1 Å². The Morgan fingerprint density at radius 3 is 1.33 bits per heavy atom. The van der Waals surface area contributed by atoms with Gasteiger partial charge in [-0.2, -0.15) is 0 Å². The van der Waals surface area contributed by atoms with Crippen LogP contribution in [0.3, 0.4) is 0 Å². The third kappa shape index (κ3) is 10.7. The van der Waals surface area contributed by atoms with E-state index in [4.69, 9.17) is 9.47 Å². The predicted molar refractivity (Wildman–Crippen MR) is 246 cm³/mol. The summed E-state index contributed by atoms with van der Waals surface area (Å²) in [6.45, 7) is 8.77. The summed E-state index contributed by atoms with van der Waals surface area (Å²) in [6, 6.07) is 36.8. The summed E-state index contributed by atoms with van der Waals surface area (Å²) in [4.78, 5) is 25.6. The van der Waals surface area contributed by atoms with E-state index < -0.39 is 35.4 Å². The highest BCUT2D eigenvalue weighted by atomic mass is 19.1. The van der Waals surface area contributed by atoms with Crippen molar-refractivity contribution in [1.29, 1.82) is 0 Å². The number of aryl methyl sites for hydroxylation is 4. The number of carbonyl (C=O) groups is 2. The van der Waals surface area contributed by atoms with Gasteiger partial charge in [0.25, 0.3) is 0 Å². The fraction of sp³-hybridized carbons (Fsp3) is 0.269. The van der Waals surface area contributed by atoms with E-state index in [1.54, 1.807) is 33.6 Å². The fourth-order valence-corrected chi connectivity index (χ4v) is 7.94. The van der Waals surface area contributed by atoms with Crippen LogP contribution in [0.25, 0.3) is 22.1 Å². The number of ether oxygens (including phenoxy) is 2. The molecule has 340 valence electrons. The minimum atomic E-state index is -0.602. The molecule has 0 fully saturated rings. The van der Waals surface area contributed by atoms with Crippen molar-refractivity contribution >= 4 is 34.0 Å². The van der Waals surface area contributed by atoms with Crippen molar-refractivity contribution in [2.24, 2.45) is 0 Å². The molecule has 0 bridgehead atoms. The third-order valence-electron chi connectivity index (χ3n) is 11.8. The molecule has 12 nitrogen and oxygen atoms in total. The van der Waals surface area contributed by atoms with E-state index in [0.717, 1.165) is 44.5 Å². The van der Waals surface area contributed by atoms with E-state index in [1.165, 1.54) is 0 Å². The van der Waals surface area contributed by atoms with Gasteiger partial charge in [0.05, 0.1) is 37.1 Å². The predicted octanol–water partition coefficient (Wildman–Crippen LogP) is 9.31. The van der Waals surface area contributed by atoms with Gasteiger partial charge in [-0.15, -0.1) is 10.2 Å². The summed E-state index contributed by atoms with van der Waals surface area (Å²) < 4.78 is 45.4. The topological polar surface area (TPSA) is 154 Å². The lowest BCUT2D eigenvalue weighted by molar-refractivity contribution is -0.146. The van der Waals surface area contributed by atoms with E-state index in [0.29, 0.717) is 35.2 Å². The standard InChI is InChI=1S/2C26H26FN3O3/c2*1-3-30-23-12-11-21(25(27)26(23)28-29-30)22(19-10-9-17(2)20(13-19)15-31)14-24(32)33-16-18-7-5-4-6-8-18/h2*4-13,22,31H,3,14-16H2,1-2H3/t2*22-/m10/s1. The zero-order valence-electron chi connectivity index (χ0n) is 37.3. The first-order chi connectivity index (χ1) is 32.0. The van der Waals surface area contributed by atoms with Gasteiger partial charge in [-0.3, -0.25) is 9.59 Å². The quantitative estimate of drug-likeness (QED) is 0.0898. The van der Waals surface area contributed by atoms with Gasteiger partial charge in [-0.05, 0) is 95.5 Å². The molecule has 2 atom stereocenters. The summed E-state index contributed by atoms with van der Waals surface area (Å²) in [6.07, 6.45) is -0.101. The van der Waals surface area contributed by atoms with Crippen LogP contribution in [0, 0.1) is 25.5 Å². The van der Waals surface area contributed by atoms with E-state index in [-0.39, 0.29) is 50.3 Å². The Morgan fingerprint density at radius 1 is 0.576 bits per heavy atom. The number of nitrogens with zero attached hydrogens (tertiary/aromatic N) is 6. The van der Waals surface area contributed by atoms with Gasteiger partial charge < -0.3 is 19.7 Å². The average molecular weight is 895 g/mol. The number of halogens is 2. The van der Waals surface area contributed by atoms with Crippen LogP contribution >= 0.6 is 0 Å². The molecule has 0 amide bonds. The molecule has 0 saturated carbocycles. The van der Waals surface area contributed by atoms with Gasteiger partial charge in [0.15, 0.2) is 11.6 Å². The molecule has 2 aromatic heterocycles. The molecule has 14 heteroatoms. The van der Waals surface area contributed by atoms with Crippen LogP contribution in [-0.2, 0) is 58.6 Å². The molecular formula is C52H52F2N6O6. The molecule has 0 spiro atoms. The molecule has 2 N–H and O–H groups in total. The maximum absolute atomic E-state index is 15.6.